The number of nitrogens with zero attached hydrogens (tertiary/aromatic N) is 3. The van der Waals surface area contributed by atoms with Crippen molar-refractivity contribution in [2.75, 3.05) is 32.9 Å². The number of hydrogen-bond acceptors (Lipinski definition) is 6. The number of aromatic amines is 1. The number of rotatable bonds is 8. The van der Waals surface area contributed by atoms with Gasteiger partial charge in [0.2, 0.25) is 0 Å². The number of benzene rings is 3. The Balaban J connectivity index is 1.21. The van der Waals surface area contributed by atoms with E-state index in [1.807, 2.05) is 55.5 Å². The van der Waals surface area contributed by atoms with Gasteiger partial charge in [0.25, 0.3) is 5.91 Å². The SMILES string of the molecule is Cc1cc(-c2ccc(OCC(=O)NCc3nc4ccccc4[nH]3)c(CN3CCOCC3)c2)c2ccccc2n1. The molecule has 6 rings (SSSR count). The molecule has 2 aromatic heterocycles. The van der Waals surface area contributed by atoms with Gasteiger partial charge in [-0.1, -0.05) is 36.4 Å². The molecule has 5 aromatic rings. The number of para-hydroxylation sites is 3. The molecule has 1 fully saturated rings. The van der Waals surface area contributed by atoms with Gasteiger partial charge in [-0.05, 0) is 54.4 Å². The number of hydrogen-bond donors (Lipinski definition) is 2. The number of fused-ring (bicyclic) bond motifs is 2. The van der Waals surface area contributed by atoms with Crippen molar-refractivity contribution in [3.05, 3.63) is 89.9 Å². The molecule has 3 aromatic carbocycles. The lowest BCUT2D eigenvalue weighted by atomic mass is 9.98. The van der Waals surface area contributed by atoms with Crippen molar-refractivity contribution >= 4 is 27.8 Å². The maximum atomic E-state index is 12.7. The zero-order valence-electron chi connectivity index (χ0n) is 21.9. The number of carbonyl (C=O) groups excluding carboxylic acids is 1. The molecule has 0 unspecified atom stereocenters. The van der Waals surface area contributed by atoms with E-state index in [-0.39, 0.29) is 12.5 Å². The van der Waals surface area contributed by atoms with Crippen LogP contribution in [0.4, 0.5) is 0 Å². The molecule has 0 saturated carbocycles. The topological polar surface area (TPSA) is 92.4 Å². The first kappa shape index (κ1) is 25.0. The monoisotopic (exact) mass is 521 g/mol. The second-order valence-corrected chi connectivity index (χ2v) is 9.81. The fourth-order valence-corrected chi connectivity index (χ4v) is 5.02. The average Bonchev–Trinajstić information content (AvgIpc) is 3.39. The zero-order valence-corrected chi connectivity index (χ0v) is 21.9. The Labute approximate surface area is 227 Å². The number of H-pyrrole nitrogens is 1. The van der Waals surface area contributed by atoms with Gasteiger partial charge in [-0.2, -0.15) is 0 Å². The molecule has 0 spiro atoms. The lowest BCUT2D eigenvalue weighted by Crippen LogP contribution is -2.35. The van der Waals surface area contributed by atoms with Crippen molar-refractivity contribution < 1.29 is 14.3 Å². The Morgan fingerprint density at radius 2 is 1.79 bits per heavy atom. The first-order valence-corrected chi connectivity index (χ1v) is 13.3. The van der Waals surface area contributed by atoms with Crippen LogP contribution in [0, 0.1) is 6.92 Å². The van der Waals surface area contributed by atoms with Gasteiger partial charge >= 0.3 is 0 Å². The van der Waals surface area contributed by atoms with E-state index >= 15 is 0 Å². The van der Waals surface area contributed by atoms with Crippen molar-refractivity contribution in [1.29, 1.82) is 0 Å². The summed E-state index contributed by atoms with van der Waals surface area (Å²) < 4.78 is 11.6. The molecule has 1 saturated heterocycles. The van der Waals surface area contributed by atoms with Crippen LogP contribution in [0.25, 0.3) is 33.1 Å². The molecule has 1 amide bonds. The second kappa shape index (κ2) is 11.2. The summed E-state index contributed by atoms with van der Waals surface area (Å²) in [5.41, 5.74) is 7.05. The average molecular weight is 522 g/mol. The van der Waals surface area contributed by atoms with Crippen molar-refractivity contribution in [3.63, 3.8) is 0 Å². The van der Waals surface area contributed by atoms with Crippen molar-refractivity contribution in [2.45, 2.75) is 20.0 Å². The fraction of sp³-hybridized carbons (Fsp3) is 0.258. The quantitative estimate of drug-likeness (QED) is 0.310. The molecule has 3 heterocycles. The van der Waals surface area contributed by atoms with Gasteiger partial charge in [-0.3, -0.25) is 14.7 Å². The largest absolute Gasteiger partial charge is 0.483 e. The van der Waals surface area contributed by atoms with Gasteiger partial charge in [-0.25, -0.2) is 4.98 Å². The summed E-state index contributed by atoms with van der Waals surface area (Å²) in [6.45, 7) is 6.12. The standard InChI is InChI=1S/C31H31N5O3/c1-21-16-25(24-6-2-3-7-26(24)33-21)22-10-11-29(23(17-22)19-36-12-14-38-15-13-36)39-20-31(37)32-18-30-34-27-8-4-5-9-28(27)35-30/h2-11,16-17H,12-15,18-20H2,1H3,(H,32,37)(H,34,35). The van der Waals surface area contributed by atoms with E-state index in [0.717, 1.165) is 64.0 Å². The minimum Gasteiger partial charge on any atom is -0.483 e. The summed E-state index contributed by atoms with van der Waals surface area (Å²) in [6, 6.07) is 24.3. The summed E-state index contributed by atoms with van der Waals surface area (Å²) in [4.78, 5) is 27.5. The number of pyridine rings is 1. The molecule has 8 nitrogen and oxygen atoms in total. The molecule has 8 heteroatoms. The smallest absolute Gasteiger partial charge is 0.258 e. The number of ether oxygens (including phenoxy) is 2. The van der Waals surface area contributed by atoms with Crippen LogP contribution >= 0.6 is 0 Å². The van der Waals surface area contributed by atoms with Gasteiger partial charge in [-0.15, -0.1) is 0 Å². The second-order valence-electron chi connectivity index (χ2n) is 9.81. The van der Waals surface area contributed by atoms with Gasteiger partial charge in [0, 0.05) is 36.3 Å². The van der Waals surface area contributed by atoms with E-state index in [0.29, 0.717) is 31.3 Å². The highest BCUT2D eigenvalue weighted by atomic mass is 16.5. The van der Waals surface area contributed by atoms with Crippen molar-refractivity contribution in [1.82, 2.24) is 25.2 Å². The lowest BCUT2D eigenvalue weighted by molar-refractivity contribution is -0.123. The Kier molecular flexibility index (Phi) is 7.21. The predicted octanol–water partition coefficient (Wildman–Crippen LogP) is 4.61. The van der Waals surface area contributed by atoms with E-state index < -0.39 is 0 Å². The normalized spacial score (nSPS) is 14.1. The van der Waals surface area contributed by atoms with E-state index in [2.05, 4.69) is 44.5 Å². The van der Waals surface area contributed by atoms with Gasteiger partial charge in [0.15, 0.2) is 6.61 Å². The van der Waals surface area contributed by atoms with Crippen LogP contribution in [0.3, 0.4) is 0 Å². The summed E-state index contributed by atoms with van der Waals surface area (Å²) in [7, 11) is 0. The van der Waals surface area contributed by atoms with Gasteiger partial charge in [0.05, 0.1) is 36.3 Å². The van der Waals surface area contributed by atoms with Crippen LogP contribution < -0.4 is 10.1 Å². The van der Waals surface area contributed by atoms with E-state index in [1.54, 1.807) is 0 Å². The molecule has 2 N–H and O–H groups in total. The summed E-state index contributed by atoms with van der Waals surface area (Å²) in [5.74, 6) is 1.22. The highest BCUT2D eigenvalue weighted by molar-refractivity contribution is 5.95. The molecule has 0 radical (unpaired) electrons. The maximum absolute atomic E-state index is 12.7. The molecular formula is C31H31N5O3. The minimum atomic E-state index is -0.201. The molecule has 0 atom stereocenters. The van der Waals surface area contributed by atoms with Crippen molar-refractivity contribution in [3.8, 4) is 16.9 Å². The van der Waals surface area contributed by atoms with Gasteiger partial charge in [0.1, 0.15) is 11.6 Å². The third kappa shape index (κ3) is 5.77. The number of imidazole rings is 1. The highest BCUT2D eigenvalue weighted by Gasteiger charge is 2.17. The van der Waals surface area contributed by atoms with Crippen LogP contribution in [-0.4, -0.2) is 58.7 Å². The molecule has 198 valence electrons. The maximum Gasteiger partial charge on any atom is 0.258 e. The predicted molar refractivity (Wildman–Crippen MR) is 151 cm³/mol. The fourth-order valence-electron chi connectivity index (χ4n) is 5.02. The number of aromatic nitrogens is 3. The molecule has 1 aliphatic heterocycles. The summed E-state index contributed by atoms with van der Waals surface area (Å²) >= 11 is 0. The third-order valence-corrected chi connectivity index (χ3v) is 6.96. The zero-order chi connectivity index (χ0) is 26.6. The van der Waals surface area contributed by atoms with Crippen LogP contribution in [-0.2, 0) is 22.6 Å². The molecule has 1 aliphatic rings. The van der Waals surface area contributed by atoms with E-state index in [1.165, 1.54) is 0 Å². The minimum absolute atomic E-state index is 0.0764. The third-order valence-electron chi connectivity index (χ3n) is 6.96. The van der Waals surface area contributed by atoms with Crippen LogP contribution in [0.5, 0.6) is 5.75 Å². The number of carbonyl (C=O) groups is 1. The Morgan fingerprint density at radius 3 is 2.64 bits per heavy atom. The van der Waals surface area contributed by atoms with Gasteiger partial charge < -0.3 is 19.8 Å². The lowest BCUT2D eigenvalue weighted by Gasteiger charge is -2.27. The summed E-state index contributed by atoms with van der Waals surface area (Å²) in [5, 5.41) is 4.01. The Morgan fingerprint density at radius 1 is 1.00 bits per heavy atom. The van der Waals surface area contributed by atoms with Crippen molar-refractivity contribution in [2.24, 2.45) is 0 Å². The molecular weight excluding hydrogens is 490 g/mol. The Hall–Kier alpha value is -4.27. The van der Waals surface area contributed by atoms with Crippen LogP contribution in [0.1, 0.15) is 17.1 Å². The summed E-state index contributed by atoms with van der Waals surface area (Å²) in [6.07, 6.45) is 0. The first-order chi connectivity index (χ1) is 19.1. The van der Waals surface area contributed by atoms with Crippen LogP contribution in [0.15, 0.2) is 72.8 Å². The highest BCUT2D eigenvalue weighted by Crippen LogP contribution is 2.32. The number of amides is 1. The molecule has 39 heavy (non-hydrogen) atoms. The molecule has 0 bridgehead atoms. The van der Waals surface area contributed by atoms with Crippen LogP contribution in [0.2, 0.25) is 0 Å². The first-order valence-electron chi connectivity index (χ1n) is 13.3. The van der Waals surface area contributed by atoms with E-state index in [9.17, 15) is 4.79 Å². The number of nitrogens with one attached hydrogen (secondary N) is 2. The Bertz CT molecular complexity index is 1590. The van der Waals surface area contributed by atoms with E-state index in [4.69, 9.17) is 14.5 Å². The molecule has 0 aliphatic carbocycles. The number of morpholine rings is 1. The number of aryl methyl sites for hydroxylation is 1.